The molecule has 0 aliphatic rings. The first-order valence-corrected chi connectivity index (χ1v) is 13.9. The quantitative estimate of drug-likeness (QED) is 0.123. The summed E-state index contributed by atoms with van der Waals surface area (Å²) in [7, 11) is 0. The molecule has 174 valence electrons. The van der Waals surface area contributed by atoms with E-state index in [0.717, 1.165) is 0 Å². The zero-order valence-corrected chi connectivity index (χ0v) is 20.6. The number of unbranched alkanes of at least 4 members (excludes halogenated alkanes) is 21. The fourth-order valence-electron chi connectivity index (χ4n) is 4.49. The smallest absolute Gasteiger partial charge is 0.168 e. The van der Waals surface area contributed by atoms with E-state index in [-0.39, 0.29) is 0 Å². The van der Waals surface area contributed by atoms with Crippen molar-refractivity contribution in [1.82, 2.24) is 0 Å². The molecule has 1 heterocycles. The lowest BCUT2D eigenvalue weighted by Crippen LogP contribution is -2.32. The van der Waals surface area contributed by atoms with Crippen LogP contribution < -0.4 is 4.57 Å². The second kappa shape index (κ2) is 22.8. The van der Waals surface area contributed by atoms with Crippen molar-refractivity contribution in [3.63, 3.8) is 0 Å². The summed E-state index contributed by atoms with van der Waals surface area (Å²) in [5, 5.41) is 0. The van der Waals surface area contributed by atoms with Gasteiger partial charge < -0.3 is 0 Å². The predicted molar refractivity (Wildman–Crippen MR) is 134 cm³/mol. The molecule has 30 heavy (non-hydrogen) atoms. The molecule has 0 fully saturated rings. The minimum absolute atomic E-state index is 1.18. The third kappa shape index (κ3) is 19.1. The molecule has 0 atom stereocenters. The number of pyridine rings is 1. The van der Waals surface area contributed by atoms with Crippen LogP contribution in [0.5, 0.6) is 0 Å². The number of aryl methyl sites for hydroxylation is 1. The molecule has 0 aromatic carbocycles. The van der Waals surface area contributed by atoms with E-state index in [4.69, 9.17) is 0 Å². The maximum atomic E-state index is 2.30. The standard InChI is InChI=1S/C29H54N/c1-2-3-4-5-6-7-8-9-10-11-12-13-14-15-16-17-18-19-20-21-22-24-27-30-28-25-23-26-29-30/h23,25-26,28-29H,2-22,24,27H2,1H3/q+1. The third-order valence-electron chi connectivity index (χ3n) is 6.55. The Kier molecular flexibility index (Phi) is 20.7. The van der Waals surface area contributed by atoms with Crippen LogP contribution in [0.1, 0.15) is 148 Å². The minimum atomic E-state index is 1.18. The van der Waals surface area contributed by atoms with Gasteiger partial charge >= 0.3 is 0 Å². The fraction of sp³-hybridized carbons (Fsp3) is 0.828. The van der Waals surface area contributed by atoms with E-state index in [1.54, 1.807) is 0 Å². The van der Waals surface area contributed by atoms with Gasteiger partial charge in [0.15, 0.2) is 12.4 Å². The Morgan fingerprint density at radius 2 is 0.667 bits per heavy atom. The molecule has 1 heteroatoms. The summed E-state index contributed by atoms with van der Waals surface area (Å²) in [4.78, 5) is 0. The van der Waals surface area contributed by atoms with Crippen molar-refractivity contribution in [2.24, 2.45) is 0 Å². The highest BCUT2D eigenvalue weighted by atomic mass is 14.9. The molecule has 0 spiro atoms. The molecule has 0 aliphatic carbocycles. The van der Waals surface area contributed by atoms with Crippen molar-refractivity contribution in [2.45, 2.75) is 155 Å². The summed E-state index contributed by atoms with van der Waals surface area (Å²) in [5.74, 6) is 0. The van der Waals surface area contributed by atoms with Crippen LogP contribution in [0.15, 0.2) is 30.6 Å². The number of hydrogen-bond donors (Lipinski definition) is 0. The summed E-state index contributed by atoms with van der Waals surface area (Å²) in [6.07, 6.45) is 36.4. The molecule has 1 aromatic rings. The highest BCUT2D eigenvalue weighted by Gasteiger charge is 1.98. The third-order valence-corrected chi connectivity index (χ3v) is 6.55. The van der Waals surface area contributed by atoms with Gasteiger partial charge in [0.25, 0.3) is 0 Å². The molecule has 0 radical (unpaired) electrons. The number of nitrogens with zero attached hydrogens (tertiary/aromatic N) is 1. The fourth-order valence-corrected chi connectivity index (χ4v) is 4.49. The van der Waals surface area contributed by atoms with Gasteiger partial charge in [-0.25, -0.2) is 4.57 Å². The predicted octanol–water partition coefficient (Wildman–Crippen LogP) is 9.58. The Balaban J connectivity index is 1.65. The second-order valence-corrected chi connectivity index (χ2v) is 9.54. The van der Waals surface area contributed by atoms with Gasteiger partial charge in [0.2, 0.25) is 0 Å². The van der Waals surface area contributed by atoms with E-state index < -0.39 is 0 Å². The molecule has 1 rings (SSSR count). The molecule has 1 aromatic heterocycles. The molecule has 0 N–H and O–H groups in total. The Morgan fingerprint density at radius 3 is 1.00 bits per heavy atom. The van der Waals surface area contributed by atoms with Crippen molar-refractivity contribution in [3.8, 4) is 0 Å². The maximum Gasteiger partial charge on any atom is 0.168 e. The molecular formula is C29H54N+. The normalized spacial score (nSPS) is 11.2. The van der Waals surface area contributed by atoms with Gasteiger partial charge in [-0.3, -0.25) is 0 Å². The summed E-state index contributed by atoms with van der Waals surface area (Å²) in [5.41, 5.74) is 0. The first kappa shape index (κ1) is 27.2. The SMILES string of the molecule is CCCCCCCCCCCCCCCCCCCCCCCC[n+]1ccccc1. The molecule has 0 aliphatic heterocycles. The van der Waals surface area contributed by atoms with E-state index in [2.05, 4.69) is 42.1 Å². The molecule has 1 nitrogen and oxygen atoms in total. The van der Waals surface area contributed by atoms with Crippen molar-refractivity contribution in [3.05, 3.63) is 30.6 Å². The number of rotatable bonds is 23. The van der Waals surface area contributed by atoms with Gasteiger partial charge in [0.1, 0.15) is 6.54 Å². The first-order chi connectivity index (χ1) is 14.9. The van der Waals surface area contributed by atoms with Gasteiger partial charge in [-0.1, -0.05) is 141 Å². The Hall–Kier alpha value is -0.850. The van der Waals surface area contributed by atoms with Crippen molar-refractivity contribution in [2.75, 3.05) is 0 Å². The van der Waals surface area contributed by atoms with E-state index >= 15 is 0 Å². The number of aromatic nitrogens is 1. The highest BCUT2D eigenvalue weighted by molar-refractivity contribution is 4.83. The van der Waals surface area contributed by atoms with Gasteiger partial charge in [-0.2, -0.15) is 0 Å². The molecule has 0 amide bonds. The lowest BCUT2D eigenvalue weighted by Gasteiger charge is -2.04. The van der Waals surface area contributed by atoms with Crippen LogP contribution in [-0.2, 0) is 6.54 Å². The van der Waals surface area contributed by atoms with Crippen LogP contribution in [0.2, 0.25) is 0 Å². The van der Waals surface area contributed by atoms with Gasteiger partial charge in [0, 0.05) is 18.6 Å². The van der Waals surface area contributed by atoms with Crippen LogP contribution in [0.3, 0.4) is 0 Å². The Bertz CT molecular complexity index is 427. The molecule has 0 bridgehead atoms. The van der Waals surface area contributed by atoms with E-state index in [1.807, 2.05) is 0 Å². The minimum Gasteiger partial charge on any atom is -0.205 e. The molecular weight excluding hydrogens is 362 g/mol. The summed E-state index contributed by atoms with van der Waals surface area (Å²) >= 11 is 0. The van der Waals surface area contributed by atoms with Crippen molar-refractivity contribution < 1.29 is 4.57 Å². The van der Waals surface area contributed by atoms with E-state index in [1.165, 1.54) is 148 Å². The average Bonchev–Trinajstić information content (AvgIpc) is 2.78. The number of hydrogen-bond acceptors (Lipinski definition) is 0. The first-order valence-electron chi connectivity index (χ1n) is 13.9. The summed E-state index contributed by atoms with van der Waals surface area (Å²) in [6.45, 7) is 3.48. The van der Waals surface area contributed by atoms with Crippen LogP contribution in [0, 0.1) is 0 Å². The largest absolute Gasteiger partial charge is 0.205 e. The van der Waals surface area contributed by atoms with Crippen LogP contribution in [-0.4, -0.2) is 0 Å². The lowest BCUT2D eigenvalue weighted by atomic mass is 10.0. The van der Waals surface area contributed by atoms with Crippen LogP contribution in [0.4, 0.5) is 0 Å². The second-order valence-electron chi connectivity index (χ2n) is 9.54. The molecule has 0 unspecified atom stereocenters. The Labute approximate surface area is 190 Å². The van der Waals surface area contributed by atoms with Crippen molar-refractivity contribution >= 4 is 0 Å². The average molecular weight is 417 g/mol. The van der Waals surface area contributed by atoms with Gasteiger partial charge in [0.05, 0.1) is 0 Å². The van der Waals surface area contributed by atoms with Crippen LogP contribution >= 0.6 is 0 Å². The maximum absolute atomic E-state index is 2.30. The summed E-state index contributed by atoms with van der Waals surface area (Å²) < 4.78 is 2.30. The van der Waals surface area contributed by atoms with Crippen molar-refractivity contribution in [1.29, 1.82) is 0 Å². The van der Waals surface area contributed by atoms with Crippen LogP contribution in [0.25, 0.3) is 0 Å². The van der Waals surface area contributed by atoms with Gasteiger partial charge in [-0.15, -0.1) is 0 Å². The highest BCUT2D eigenvalue weighted by Crippen LogP contribution is 2.15. The van der Waals surface area contributed by atoms with E-state index in [0.29, 0.717) is 0 Å². The van der Waals surface area contributed by atoms with Gasteiger partial charge in [-0.05, 0) is 6.42 Å². The topological polar surface area (TPSA) is 3.88 Å². The molecule has 0 saturated carbocycles. The monoisotopic (exact) mass is 416 g/mol. The van der Waals surface area contributed by atoms with E-state index in [9.17, 15) is 0 Å². The Morgan fingerprint density at radius 1 is 0.367 bits per heavy atom. The summed E-state index contributed by atoms with van der Waals surface area (Å²) in [6, 6.07) is 6.34. The molecule has 0 saturated heterocycles. The zero-order valence-electron chi connectivity index (χ0n) is 20.6. The zero-order chi connectivity index (χ0) is 21.4. The lowest BCUT2D eigenvalue weighted by molar-refractivity contribution is -0.697.